The monoisotopic (exact) mass is 672 g/mol. The normalized spacial score (nSPS) is 17.6. The molecule has 0 radical (unpaired) electrons. The van der Waals surface area contributed by atoms with E-state index in [0.717, 1.165) is 34.9 Å². The average molecular weight is 673 g/mol. The first-order chi connectivity index (χ1) is 24.3. The number of benzene rings is 3. The van der Waals surface area contributed by atoms with E-state index in [4.69, 9.17) is 24.7 Å². The summed E-state index contributed by atoms with van der Waals surface area (Å²) in [6.45, 7) is 2.06. The molecule has 12 heteroatoms. The molecule has 6 aromatic rings. The molecule has 2 bridgehead atoms. The summed E-state index contributed by atoms with van der Waals surface area (Å²) in [6, 6.07) is 20.3. The van der Waals surface area contributed by atoms with Crippen LogP contribution in [0.3, 0.4) is 0 Å². The number of ether oxygens (including phenoxy) is 2. The van der Waals surface area contributed by atoms with Crippen LogP contribution in [0.15, 0.2) is 94.4 Å². The molecule has 5 heterocycles. The minimum Gasteiger partial charge on any atom is -0.497 e. The summed E-state index contributed by atoms with van der Waals surface area (Å²) in [7, 11) is 1.46. The number of anilines is 1. The number of nitrogens with two attached hydrogens (primary N) is 1. The smallest absolute Gasteiger partial charge is 0.410 e. The van der Waals surface area contributed by atoms with Gasteiger partial charge >= 0.3 is 11.7 Å². The predicted octanol–water partition coefficient (Wildman–Crippen LogP) is 6.90. The van der Waals surface area contributed by atoms with Crippen molar-refractivity contribution in [2.75, 3.05) is 12.8 Å². The fraction of sp³-hybridized carbons (Fsp3) is 0.237. The Bertz CT molecular complexity index is 2370. The highest BCUT2D eigenvalue weighted by atomic mass is 19.1. The molecular weight excluding hydrogens is 639 g/mol. The summed E-state index contributed by atoms with van der Waals surface area (Å²) < 4.78 is 33.5. The fourth-order valence-electron chi connectivity index (χ4n) is 7.33. The molecular formula is C38H33FN6O5. The molecule has 8 rings (SSSR count). The van der Waals surface area contributed by atoms with E-state index in [1.54, 1.807) is 22.9 Å². The quantitative estimate of drug-likeness (QED) is 0.192. The number of hydrogen-bond donors (Lipinski definition) is 1. The summed E-state index contributed by atoms with van der Waals surface area (Å²) in [6.07, 6.45) is 5.22. The third-order valence-electron chi connectivity index (χ3n) is 9.64. The van der Waals surface area contributed by atoms with Crippen molar-refractivity contribution in [3.8, 4) is 17.0 Å². The molecule has 1 fully saturated rings. The van der Waals surface area contributed by atoms with Gasteiger partial charge in [-0.2, -0.15) is 5.10 Å². The van der Waals surface area contributed by atoms with Crippen LogP contribution in [0.1, 0.15) is 49.1 Å². The number of rotatable bonds is 7. The van der Waals surface area contributed by atoms with Gasteiger partial charge in [0.25, 0.3) is 0 Å². The molecule has 2 N–H and O–H groups in total. The fourth-order valence-corrected chi connectivity index (χ4v) is 7.33. The van der Waals surface area contributed by atoms with E-state index in [2.05, 4.69) is 16.0 Å². The number of aromatic nitrogens is 4. The van der Waals surface area contributed by atoms with E-state index in [1.165, 1.54) is 25.6 Å². The number of halogens is 1. The Morgan fingerprint density at radius 1 is 1.06 bits per heavy atom. The summed E-state index contributed by atoms with van der Waals surface area (Å²) in [5.74, 6) is 0.345. The van der Waals surface area contributed by atoms with Crippen molar-refractivity contribution in [2.45, 2.75) is 50.9 Å². The SMILES string of the molecule is COc1cc(F)cc(-c2nn(C(C)c3oc(=O)c4ccccc4c3C3=CC4CCC(C3)N4C(=O)OCc3ccccc3)c3ncnc(N)c23)c1. The molecule has 50 heavy (non-hydrogen) atoms. The van der Waals surface area contributed by atoms with Gasteiger partial charge in [0, 0.05) is 23.2 Å². The molecule has 11 nitrogen and oxygen atoms in total. The van der Waals surface area contributed by atoms with Crippen molar-refractivity contribution in [1.82, 2.24) is 24.6 Å². The highest BCUT2D eigenvalue weighted by Crippen LogP contribution is 2.44. The van der Waals surface area contributed by atoms with Crippen LogP contribution in [0.25, 0.3) is 38.6 Å². The van der Waals surface area contributed by atoms with Crippen LogP contribution in [0.5, 0.6) is 5.75 Å². The molecule has 1 amide bonds. The lowest BCUT2D eigenvalue weighted by atomic mass is 9.89. The minimum absolute atomic E-state index is 0.0928. The summed E-state index contributed by atoms with van der Waals surface area (Å²) in [5.41, 5.74) is 9.70. The molecule has 2 aliphatic rings. The van der Waals surface area contributed by atoms with Gasteiger partial charge in [0.2, 0.25) is 0 Å². The molecule has 3 aromatic heterocycles. The van der Waals surface area contributed by atoms with E-state index in [-0.39, 0.29) is 30.6 Å². The van der Waals surface area contributed by atoms with Crippen LogP contribution in [-0.2, 0) is 11.3 Å². The molecule has 3 atom stereocenters. The Hall–Kier alpha value is -6.04. The summed E-state index contributed by atoms with van der Waals surface area (Å²) in [4.78, 5) is 37.4. The van der Waals surface area contributed by atoms with Crippen molar-refractivity contribution in [3.05, 3.63) is 118 Å². The maximum atomic E-state index is 14.7. The number of nitrogen functional groups attached to an aromatic ring is 1. The van der Waals surface area contributed by atoms with E-state index >= 15 is 0 Å². The van der Waals surface area contributed by atoms with Crippen LogP contribution < -0.4 is 16.1 Å². The second-order valence-electron chi connectivity index (χ2n) is 12.6. The third kappa shape index (κ3) is 5.33. The van der Waals surface area contributed by atoms with Gasteiger partial charge in [-0.25, -0.2) is 28.6 Å². The summed E-state index contributed by atoms with van der Waals surface area (Å²) in [5, 5.41) is 6.50. The lowest BCUT2D eigenvalue weighted by Gasteiger charge is -2.34. The standard InChI is InChI=1S/C38H33FN6O5/c1-21(45-36-32(35(40)41-20-42-36)33(43-45)24-14-25(39)18-28(17-24)48-2)34-31(29-10-6-7-11-30(29)37(46)50-34)23-15-26-12-13-27(16-23)44(26)38(47)49-19-22-8-4-3-5-9-22/h3-11,14-15,17-18,20-21,26-27H,12-13,16,19H2,1-2H3,(H2,40,41,42). The maximum absolute atomic E-state index is 14.7. The van der Waals surface area contributed by atoms with Gasteiger partial charge < -0.3 is 19.6 Å². The van der Waals surface area contributed by atoms with Crippen molar-refractivity contribution in [1.29, 1.82) is 0 Å². The van der Waals surface area contributed by atoms with Gasteiger partial charge in [-0.1, -0.05) is 54.6 Å². The zero-order valence-electron chi connectivity index (χ0n) is 27.4. The molecule has 0 aliphatic carbocycles. The van der Waals surface area contributed by atoms with Gasteiger partial charge in [-0.15, -0.1) is 0 Å². The second kappa shape index (κ2) is 12.4. The number of hydrogen-bond acceptors (Lipinski definition) is 9. The maximum Gasteiger partial charge on any atom is 0.410 e. The third-order valence-corrected chi connectivity index (χ3v) is 9.64. The molecule has 3 unspecified atom stereocenters. The largest absolute Gasteiger partial charge is 0.497 e. The lowest BCUT2D eigenvalue weighted by molar-refractivity contribution is 0.0832. The van der Waals surface area contributed by atoms with Crippen LogP contribution in [0, 0.1) is 5.82 Å². The van der Waals surface area contributed by atoms with Crippen molar-refractivity contribution in [2.24, 2.45) is 0 Å². The Labute approximate surface area is 285 Å². The number of carbonyl (C=O) groups excluding carboxylic acids is 1. The number of nitrogens with zero attached hydrogens (tertiary/aromatic N) is 5. The Morgan fingerprint density at radius 3 is 2.62 bits per heavy atom. The van der Waals surface area contributed by atoms with Crippen LogP contribution in [-0.4, -0.2) is 49.9 Å². The van der Waals surface area contributed by atoms with E-state index in [0.29, 0.717) is 45.6 Å². The number of methoxy groups -OCH3 is 1. The van der Waals surface area contributed by atoms with Crippen LogP contribution in [0.2, 0.25) is 0 Å². The van der Waals surface area contributed by atoms with Crippen LogP contribution >= 0.6 is 0 Å². The highest BCUT2D eigenvalue weighted by Gasteiger charge is 2.42. The Balaban J connectivity index is 1.23. The molecule has 252 valence electrons. The van der Waals surface area contributed by atoms with Crippen molar-refractivity contribution < 1.29 is 23.1 Å². The zero-order valence-corrected chi connectivity index (χ0v) is 27.4. The topological polar surface area (TPSA) is 139 Å². The molecule has 3 aromatic carbocycles. The molecule has 1 saturated heterocycles. The minimum atomic E-state index is -0.671. The molecule has 0 saturated carbocycles. The number of carbonyl (C=O) groups is 1. The number of amides is 1. The highest BCUT2D eigenvalue weighted by molar-refractivity contribution is 5.99. The van der Waals surface area contributed by atoms with Gasteiger partial charge in [0.05, 0.1) is 23.9 Å². The van der Waals surface area contributed by atoms with Gasteiger partial charge in [0.1, 0.15) is 47.8 Å². The van der Waals surface area contributed by atoms with E-state index in [9.17, 15) is 14.0 Å². The predicted molar refractivity (Wildman–Crippen MR) is 186 cm³/mol. The molecule has 2 aliphatic heterocycles. The summed E-state index contributed by atoms with van der Waals surface area (Å²) >= 11 is 0. The van der Waals surface area contributed by atoms with Crippen LogP contribution in [0.4, 0.5) is 15.0 Å². The lowest BCUT2D eigenvalue weighted by Crippen LogP contribution is -2.43. The van der Waals surface area contributed by atoms with Crippen molar-refractivity contribution >= 4 is 39.3 Å². The zero-order chi connectivity index (χ0) is 34.5. The number of fused-ring (bicyclic) bond motifs is 4. The first kappa shape index (κ1) is 31.2. The van der Waals surface area contributed by atoms with E-state index < -0.39 is 17.5 Å². The van der Waals surface area contributed by atoms with E-state index in [1.807, 2.05) is 54.3 Å². The Kier molecular flexibility index (Phi) is 7.78. The Morgan fingerprint density at radius 2 is 1.84 bits per heavy atom. The van der Waals surface area contributed by atoms with Gasteiger partial charge in [-0.3, -0.25) is 4.90 Å². The molecule has 0 spiro atoms. The first-order valence-electron chi connectivity index (χ1n) is 16.4. The second-order valence-corrected chi connectivity index (χ2v) is 12.6. The average Bonchev–Trinajstić information content (AvgIpc) is 3.65. The first-order valence-corrected chi connectivity index (χ1v) is 16.4. The van der Waals surface area contributed by atoms with Gasteiger partial charge in [-0.05, 0) is 60.9 Å². The van der Waals surface area contributed by atoms with Gasteiger partial charge in [0.15, 0.2) is 5.65 Å². The van der Waals surface area contributed by atoms with Crippen molar-refractivity contribution in [3.63, 3.8) is 0 Å².